The van der Waals surface area contributed by atoms with E-state index < -0.39 is 0 Å². The highest BCUT2D eigenvalue weighted by molar-refractivity contribution is 5.93. The Hall–Kier alpha value is -2.63. The minimum atomic E-state index is 0.00684. The van der Waals surface area contributed by atoms with Gasteiger partial charge in [0.2, 0.25) is 0 Å². The van der Waals surface area contributed by atoms with Gasteiger partial charge in [0.1, 0.15) is 23.1 Å². The Morgan fingerprint density at radius 1 is 1.30 bits per heavy atom. The van der Waals surface area contributed by atoms with E-state index >= 15 is 0 Å². The lowest BCUT2D eigenvalue weighted by molar-refractivity contribution is 0.0601. The molecule has 6 nitrogen and oxygen atoms in total. The van der Waals surface area contributed by atoms with E-state index in [-0.39, 0.29) is 5.91 Å². The molecule has 0 spiro atoms. The van der Waals surface area contributed by atoms with Crippen molar-refractivity contribution in [2.24, 2.45) is 0 Å². The minimum absolute atomic E-state index is 0.00684. The highest BCUT2D eigenvalue weighted by Crippen LogP contribution is 2.23. The third-order valence-corrected chi connectivity index (χ3v) is 5.07. The number of piperidine rings is 1. The van der Waals surface area contributed by atoms with Crippen LogP contribution in [-0.2, 0) is 6.54 Å². The highest BCUT2D eigenvalue weighted by atomic mass is 16.5. The summed E-state index contributed by atoms with van der Waals surface area (Å²) in [6.45, 7) is 5.33. The molecule has 1 unspecified atom stereocenters. The molecule has 144 valence electrons. The third-order valence-electron chi connectivity index (χ3n) is 5.07. The van der Waals surface area contributed by atoms with Crippen LogP contribution in [-0.4, -0.2) is 40.5 Å². The summed E-state index contributed by atoms with van der Waals surface area (Å²) in [5, 5.41) is 3.30. The van der Waals surface area contributed by atoms with Crippen LogP contribution in [0.3, 0.4) is 0 Å². The standard InChI is InChI=1S/C21H28N4O2/c1-4-17-10-7-8-12-25(17)21(26)18-13-20(24-15(2)23-18)22-14-16-9-5-6-11-19(16)27-3/h5-6,9,11,13,17H,4,7-8,10,12,14H2,1-3H3,(H,22,23,24). The molecule has 1 aromatic carbocycles. The van der Waals surface area contributed by atoms with Crippen molar-refractivity contribution in [2.75, 3.05) is 19.0 Å². The lowest BCUT2D eigenvalue weighted by Gasteiger charge is -2.35. The molecule has 3 rings (SSSR count). The second kappa shape index (κ2) is 8.84. The van der Waals surface area contributed by atoms with Crippen LogP contribution in [0.2, 0.25) is 0 Å². The molecule has 1 N–H and O–H groups in total. The number of aryl methyl sites for hydroxylation is 1. The molecule has 6 heteroatoms. The zero-order valence-corrected chi connectivity index (χ0v) is 16.4. The molecule has 2 heterocycles. The number of methoxy groups -OCH3 is 1. The van der Waals surface area contributed by atoms with Gasteiger partial charge in [0.25, 0.3) is 5.91 Å². The summed E-state index contributed by atoms with van der Waals surface area (Å²) in [4.78, 5) is 23.9. The third kappa shape index (κ3) is 4.56. The number of hydrogen-bond acceptors (Lipinski definition) is 5. The average molecular weight is 368 g/mol. The van der Waals surface area contributed by atoms with Crippen LogP contribution in [0.1, 0.15) is 54.5 Å². The molecule has 1 saturated heterocycles. The number of anilines is 1. The first-order chi connectivity index (χ1) is 13.1. The van der Waals surface area contributed by atoms with E-state index in [9.17, 15) is 4.79 Å². The largest absolute Gasteiger partial charge is 0.496 e. The van der Waals surface area contributed by atoms with E-state index in [1.807, 2.05) is 36.1 Å². The molecule has 1 aromatic heterocycles. The van der Waals surface area contributed by atoms with E-state index in [1.165, 1.54) is 6.42 Å². The summed E-state index contributed by atoms with van der Waals surface area (Å²) in [6.07, 6.45) is 4.31. The van der Waals surface area contributed by atoms with Gasteiger partial charge in [-0.25, -0.2) is 9.97 Å². The molecule has 0 radical (unpaired) electrons. The molecule has 1 fully saturated rings. The number of carbonyl (C=O) groups excluding carboxylic acids is 1. The zero-order valence-electron chi connectivity index (χ0n) is 16.4. The molecule has 0 saturated carbocycles. The molecular weight excluding hydrogens is 340 g/mol. The quantitative estimate of drug-likeness (QED) is 0.840. The number of likely N-dealkylation sites (tertiary alicyclic amines) is 1. The first kappa shape index (κ1) is 19.1. The Morgan fingerprint density at radius 2 is 2.11 bits per heavy atom. The summed E-state index contributed by atoms with van der Waals surface area (Å²) >= 11 is 0. The van der Waals surface area contributed by atoms with Gasteiger partial charge in [-0.05, 0) is 38.7 Å². The second-order valence-electron chi connectivity index (χ2n) is 6.91. The van der Waals surface area contributed by atoms with Gasteiger partial charge in [-0.1, -0.05) is 25.1 Å². The maximum absolute atomic E-state index is 13.0. The summed E-state index contributed by atoms with van der Waals surface area (Å²) in [7, 11) is 1.66. The Balaban J connectivity index is 1.76. The van der Waals surface area contributed by atoms with Crippen LogP contribution < -0.4 is 10.1 Å². The van der Waals surface area contributed by atoms with Crippen molar-refractivity contribution in [1.29, 1.82) is 0 Å². The number of hydrogen-bond donors (Lipinski definition) is 1. The number of para-hydroxylation sites is 1. The smallest absolute Gasteiger partial charge is 0.272 e. The highest BCUT2D eigenvalue weighted by Gasteiger charge is 2.27. The lowest BCUT2D eigenvalue weighted by atomic mass is 9.99. The van der Waals surface area contributed by atoms with Crippen molar-refractivity contribution in [3.63, 3.8) is 0 Å². The van der Waals surface area contributed by atoms with Crippen LogP contribution in [0.5, 0.6) is 5.75 Å². The van der Waals surface area contributed by atoms with Gasteiger partial charge in [-0.2, -0.15) is 0 Å². The Morgan fingerprint density at radius 3 is 2.89 bits per heavy atom. The van der Waals surface area contributed by atoms with Gasteiger partial charge in [0, 0.05) is 30.8 Å². The summed E-state index contributed by atoms with van der Waals surface area (Å²) in [5.41, 5.74) is 1.50. The van der Waals surface area contributed by atoms with Crippen LogP contribution >= 0.6 is 0 Å². The molecule has 2 aromatic rings. The number of carbonyl (C=O) groups is 1. The van der Waals surface area contributed by atoms with Crippen LogP contribution in [0.15, 0.2) is 30.3 Å². The van der Waals surface area contributed by atoms with Gasteiger partial charge >= 0.3 is 0 Å². The van der Waals surface area contributed by atoms with Gasteiger partial charge in [-0.15, -0.1) is 0 Å². The number of amides is 1. The fourth-order valence-electron chi connectivity index (χ4n) is 3.64. The second-order valence-corrected chi connectivity index (χ2v) is 6.91. The van der Waals surface area contributed by atoms with Gasteiger partial charge in [0.15, 0.2) is 0 Å². The number of ether oxygens (including phenoxy) is 1. The number of benzene rings is 1. The van der Waals surface area contributed by atoms with Crippen molar-refractivity contribution in [3.8, 4) is 5.75 Å². The molecule has 0 bridgehead atoms. The van der Waals surface area contributed by atoms with Gasteiger partial charge in [0.05, 0.1) is 7.11 Å². The van der Waals surface area contributed by atoms with Gasteiger partial charge in [-0.3, -0.25) is 4.79 Å². The molecule has 0 aliphatic carbocycles. The van der Waals surface area contributed by atoms with Crippen molar-refractivity contribution in [3.05, 3.63) is 47.4 Å². The first-order valence-electron chi connectivity index (χ1n) is 9.64. The van der Waals surface area contributed by atoms with Crippen LogP contribution in [0, 0.1) is 6.92 Å². The zero-order chi connectivity index (χ0) is 19.2. The number of nitrogens with zero attached hydrogens (tertiary/aromatic N) is 3. The number of nitrogens with one attached hydrogen (secondary N) is 1. The van der Waals surface area contributed by atoms with Gasteiger partial charge < -0.3 is 15.0 Å². The topological polar surface area (TPSA) is 67.4 Å². The monoisotopic (exact) mass is 368 g/mol. The predicted octanol–water partition coefficient (Wildman–Crippen LogP) is 3.81. The van der Waals surface area contributed by atoms with E-state index in [4.69, 9.17) is 4.74 Å². The molecule has 1 amide bonds. The Labute approximate surface area is 161 Å². The summed E-state index contributed by atoms with van der Waals surface area (Å²) < 4.78 is 5.39. The molecule has 1 aliphatic heterocycles. The normalized spacial score (nSPS) is 16.9. The number of rotatable bonds is 6. The van der Waals surface area contributed by atoms with E-state index in [2.05, 4.69) is 22.2 Å². The number of aromatic nitrogens is 2. The molecule has 27 heavy (non-hydrogen) atoms. The maximum atomic E-state index is 13.0. The predicted molar refractivity (Wildman–Crippen MR) is 106 cm³/mol. The van der Waals surface area contributed by atoms with Crippen LogP contribution in [0.4, 0.5) is 5.82 Å². The molecule has 1 aliphatic rings. The lowest BCUT2D eigenvalue weighted by Crippen LogP contribution is -2.43. The van der Waals surface area contributed by atoms with Crippen molar-refractivity contribution in [1.82, 2.24) is 14.9 Å². The molecular formula is C21H28N4O2. The summed E-state index contributed by atoms with van der Waals surface area (Å²) in [6, 6.07) is 9.92. The average Bonchev–Trinajstić information content (AvgIpc) is 2.71. The fourth-order valence-corrected chi connectivity index (χ4v) is 3.64. The maximum Gasteiger partial charge on any atom is 0.272 e. The Bertz CT molecular complexity index is 794. The van der Waals surface area contributed by atoms with Crippen LogP contribution in [0.25, 0.3) is 0 Å². The van der Waals surface area contributed by atoms with Crippen molar-refractivity contribution < 1.29 is 9.53 Å². The fraction of sp³-hybridized carbons (Fsp3) is 0.476. The minimum Gasteiger partial charge on any atom is -0.496 e. The summed E-state index contributed by atoms with van der Waals surface area (Å²) in [5.74, 6) is 2.08. The van der Waals surface area contributed by atoms with Crippen molar-refractivity contribution >= 4 is 11.7 Å². The SMILES string of the molecule is CCC1CCCCN1C(=O)c1cc(NCc2ccccc2OC)nc(C)n1. The van der Waals surface area contributed by atoms with E-state index in [1.54, 1.807) is 13.2 Å². The Kier molecular flexibility index (Phi) is 6.27. The van der Waals surface area contributed by atoms with E-state index in [0.29, 0.717) is 29.9 Å². The molecule has 1 atom stereocenters. The van der Waals surface area contributed by atoms with Crippen molar-refractivity contribution in [2.45, 2.75) is 52.1 Å². The van der Waals surface area contributed by atoms with E-state index in [0.717, 1.165) is 37.1 Å². The first-order valence-corrected chi connectivity index (χ1v) is 9.64.